The lowest BCUT2D eigenvalue weighted by Crippen LogP contribution is -2.45. The van der Waals surface area contributed by atoms with Crippen molar-refractivity contribution >= 4 is 5.97 Å². The van der Waals surface area contributed by atoms with Crippen molar-refractivity contribution < 1.29 is 14.6 Å². The highest BCUT2D eigenvalue weighted by Crippen LogP contribution is 2.06. The maximum absolute atomic E-state index is 11.2. The third-order valence-corrected chi connectivity index (χ3v) is 3.33. The Morgan fingerprint density at radius 2 is 1.95 bits per heavy atom. The molecule has 0 heterocycles. The van der Waals surface area contributed by atoms with Gasteiger partial charge in [0.25, 0.3) is 0 Å². The van der Waals surface area contributed by atoms with E-state index in [2.05, 4.69) is 24.1 Å². The molecule has 5 heteroatoms. The second kappa shape index (κ2) is 10.2. The van der Waals surface area contributed by atoms with Crippen molar-refractivity contribution in [3.63, 3.8) is 0 Å². The number of carboxylic acids is 1. The zero-order valence-electron chi connectivity index (χ0n) is 13.0. The molecule has 0 radical (unpaired) electrons. The van der Waals surface area contributed by atoms with Gasteiger partial charge in [0, 0.05) is 32.3 Å². The van der Waals surface area contributed by atoms with Crippen LogP contribution in [0.15, 0.2) is 0 Å². The van der Waals surface area contributed by atoms with Crippen LogP contribution in [0.5, 0.6) is 0 Å². The normalized spacial score (nSPS) is 14.9. The minimum absolute atomic E-state index is 0.178. The summed E-state index contributed by atoms with van der Waals surface area (Å²) < 4.78 is 5.11. The highest BCUT2D eigenvalue weighted by atomic mass is 16.5. The largest absolute Gasteiger partial charge is 0.480 e. The topological polar surface area (TPSA) is 61.8 Å². The minimum Gasteiger partial charge on any atom is -0.480 e. The lowest BCUT2D eigenvalue weighted by atomic mass is 10.1. The molecule has 2 N–H and O–H groups in total. The van der Waals surface area contributed by atoms with Crippen LogP contribution in [0.25, 0.3) is 0 Å². The Morgan fingerprint density at radius 3 is 2.37 bits per heavy atom. The first-order valence-electron chi connectivity index (χ1n) is 7.14. The molecule has 0 bridgehead atoms. The fourth-order valence-corrected chi connectivity index (χ4v) is 1.99. The SMILES string of the molecule is CCC(C)N(CCOC)CCC(NC(C)C)C(=O)O. The van der Waals surface area contributed by atoms with Gasteiger partial charge in [-0.3, -0.25) is 9.69 Å². The molecule has 5 nitrogen and oxygen atoms in total. The summed E-state index contributed by atoms with van der Waals surface area (Å²) in [5.74, 6) is -0.774. The quantitative estimate of drug-likeness (QED) is 0.599. The summed E-state index contributed by atoms with van der Waals surface area (Å²) in [4.78, 5) is 13.5. The van der Waals surface area contributed by atoms with Gasteiger partial charge in [-0.1, -0.05) is 20.8 Å². The number of ether oxygens (including phenoxy) is 1. The standard InChI is InChI=1S/C14H30N2O3/c1-6-12(4)16(9-10-19-5)8-7-13(14(17)18)15-11(2)3/h11-13,15H,6-10H2,1-5H3,(H,17,18). The first-order chi connectivity index (χ1) is 8.92. The van der Waals surface area contributed by atoms with Crippen molar-refractivity contribution in [1.29, 1.82) is 0 Å². The van der Waals surface area contributed by atoms with E-state index in [0.717, 1.165) is 19.5 Å². The van der Waals surface area contributed by atoms with Crippen LogP contribution in [0, 0.1) is 0 Å². The number of hydrogen-bond acceptors (Lipinski definition) is 4. The van der Waals surface area contributed by atoms with E-state index in [1.54, 1.807) is 7.11 Å². The third kappa shape index (κ3) is 8.18. The molecular weight excluding hydrogens is 244 g/mol. The first-order valence-corrected chi connectivity index (χ1v) is 7.14. The van der Waals surface area contributed by atoms with E-state index in [1.165, 1.54) is 0 Å². The lowest BCUT2D eigenvalue weighted by molar-refractivity contribution is -0.140. The van der Waals surface area contributed by atoms with Gasteiger partial charge in [0.05, 0.1) is 6.61 Å². The van der Waals surface area contributed by atoms with Crippen LogP contribution in [-0.2, 0) is 9.53 Å². The smallest absolute Gasteiger partial charge is 0.320 e. The number of rotatable bonds is 11. The zero-order valence-corrected chi connectivity index (χ0v) is 13.0. The summed E-state index contributed by atoms with van der Waals surface area (Å²) in [5.41, 5.74) is 0. The molecule has 19 heavy (non-hydrogen) atoms. The first kappa shape index (κ1) is 18.4. The van der Waals surface area contributed by atoms with E-state index >= 15 is 0 Å². The van der Waals surface area contributed by atoms with Gasteiger partial charge in [0.15, 0.2) is 0 Å². The summed E-state index contributed by atoms with van der Waals surface area (Å²) in [5, 5.41) is 12.3. The molecule has 0 aliphatic rings. The van der Waals surface area contributed by atoms with Crippen LogP contribution >= 0.6 is 0 Å². The minimum atomic E-state index is -0.774. The molecule has 0 aromatic heterocycles. The molecule has 0 saturated heterocycles. The molecule has 0 rings (SSSR count). The molecular formula is C14H30N2O3. The Kier molecular flexibility index (Phi) is 9.83. The molecule has 0 fully saturated rings. The summed E-state index contributed by atoms with van der Waals surface area (Å²) in [7, 11) is 1.69. The monoisotopic (exact) mass is 274 g/mol. The summed E-state index contributed by atoms with van der Waals surface area (Å²) >= 11 is 0. The summed E-state index contributed by atoms with van der Waals surface area (Å²) in [6.07, 6.45) is 1.67. The van der Waals surface area contributed by atoms with Gasteiger partial charge >= 0.3 is 5.97 Å². The van der Waals surface area contributed by atoms with Crippen LogP contribution in [0.2, 0.25) is 0 Å². The van der Waals surface area contributed by atoms with E-state index in [-0.39, 0.29) is 6.04 Å². The van der Waals surface area contributed by atoms with Gasteiger partial charge in [-0.15, -0.1) is 0 Å². The van der Waals surface area contributed by atoms with Crippen LogP contribution in [0.1, 0.15) is 40.5 Å². The maximum Gasteiger partial charge on any atom is 0.320 e. The van der Waals surface area contributed by atoms with Gasteiger partial charge in [0.1, 0.15) is 6.04 Å². The summed E-state index contributed by atoms with van der Waals surface area (Å²) in [6.45, 7) is 10.5. The molecule has 0 aromatic carbocycles. The van der Waals surface area contributed by atoms with Gasteiger partial charge in [-0.25, -0.2) is 0 Å². The van der Waals surface area contributed by atoms with E-state index in [9.17, 15) is 9.90 Å². The molecule has 0 amide bonds. The number of hydrogen-bond donors (Lipinski definition) is 2. The number of aliphatic carboxylic acids is 1. The second-order valence-corrected chi connectivity index (χ2v) is 5.29. The Bertz CT molecular complexity index is 247. The Balaban J connectivity index is 4.35. The maximum atomic E-state index is 11.2. The van der Waals surface area contributed by atoms with E-state index < -0.39 is 12.0 Å². The lowest BCUT2D eigenvalue weighted by Gasteiger charge is -2.29. The van der Waals surface area contributed by atoms with Crippen LogP contribution < -0.4 is 5.32 Å². The Morgan fingerprint density at radius 1 is 1.32 bits per heavy atom. The molecule has 0 saturated carbocycles. The highest BCUT2D eigenvalue weighted by molar-refractivity contribution is 5.73. The second-order valence-electron chi connectivity index (χ2n) is 5.29. The average molecular weight is 274 g/mol. The average Bonchev–Trinajstić information content (AvgIpc) is 2.35. The predicted octanol–water partition coefficient (Wildman–Crippen LogP) is 1.57. The summed E-state index contributed by atoms with van der Waals surface area (Å²) in [6, 6.07) is 0.148. The van der Waals surface area contributed by atoms with Crippen LogP contribution in [0.4, 0.5) is 0 Å². The van der Waals surface area contributed by atoms with Crippen molar-refractivity contribution in [2.45, 2.75) is 58.7 Å². The van der Waals surface area contributed by atoms with Crippen LogP contribution in [-0.4, -0.2) is 60.9 Å². The zero-order chi connectivity index (χ0) is 14.8. The number of nitrogens with zero attached hydrogens (tertiary/aromatic N) is 1. The molecule has 2 unspecified atom stereocenters. The van der Waals surface area contributed by atoms with Crippen molar-refractivity contribution in [3.8, 4) is 0 Å². The molecule has 0 aliphatic carbocycles. The van der Waals surface area contributed by atoms with Gasteiger partial charge in [-0.2, -0.15) is 0 Å². The molecule has 114 valence electrons. The van der Waals surface area contributed by atoms with Crippen molar-refractivity contribution in [3.05, 3.63) is 0 Å². The van der Waals surface area contributed by atoms with Gasteiger partial charge in [0.2, 0.25) is 0 Å². The van der Waals surface area contributed by atoms with E-state index in [1.807, 2.05) is 13.8 Å². The van der Waals surface area contributed by atoms with Crippen LogP contribution in [0.3, 0.4) is 0 Å². The van der Waals surface area contributed by atoms with E-state index in [4.69, 9.17) is 4.74 Å². The number of carbonyl (C=O) groups is 1. The fourth-order valence-electron chi connectivity index (χ4n) is 1.99. The molecule has 0 spiro atoms. The van der Waals surface area contributed by atoms with Crippen molar-refractivity contribution in [2.75, 3.05) is 26.8 Å². The number of methoxy groups -OCH3 is 1. The Hall–Kier alpha value is -0.650. The predicted molar refractivity (Wildman–Crippen MR) is 77.5 cm³/mol. The fraction of sp³-hybridized carbons (Fsp3) is 0.929. The highest BCUT2D eigenvalue weighted by Gasteiger charge is 2.20. The molecule has 0 aliphatic heterocycles. The van der Waals surface area contributed by atoms with Crippen molar-refractivity contribution in [2.24, 2.45) is 0 Å². The third-order valence-electron chi connectivity index (χ3n) is 3.33. The van der Waals surface area contributed by atoms with Gasteiger partial charge in [-0.05, 0) is 19.8 Å². The number of carboxylic acid groups (broad SMARTS) is 1. The molecule has 2 atom stereocenters. The van der Waals surface area contributed by atoms with Gasteiger partial charge < -0.3 is 15.2 Å². The Labute approximate surface area is 117 Å². The number of nitrogens with one attached hydrogen (secondary N) is 1. The van der Waals surface area contributed by atoms with Crippen molar-refractivity contribution in [1.82, 2.24) is 10.2 Å². The molecule has 0 aromatic rings. The van der Waals surface area contributed by atoms with E-state index in [0.29, 0.717) is 19.1 Å².